The molecule has 0 spiro atoms. The summed E-state index contributed by atoms with van der Waals surface area (Å²) in [5, 5.41) is 13.8. The molecule has 0 aliphatic carbocycles. The number of rotatable bonds is 2. The average molecular weight is 350 g/mol. The average Bonchev–Trinajstić information content (AvgIpc) is 2.91. The molecule has 1 aromatic heterocycles. The summed E-state index contributed by atoms with van der Waals surface area (Å²) in [5.74, 6) is -0.392. The summed E-state index contributed by atoms with van der Waals surface area (Å²) >= 11 is 5.94. The van der Waals surface area contributed by atoms with Crippen LogP contribution < -0.4 is 11.0 Å². The molecule has 8 nitrogen and oxygen atoms in total. The number of nitrogens with zero attached hydrogens (tertiary/aromatic N) is 3. The molecule has 1 aromatic carbocycles. The summed E-state index contributed by atoms with van der Waals surface area (Å²) < 4.78 is 3.04. The van der Waals surface area contributed by atoms with Gasteiger partial charge < -0.3 is 5.32 Å². The summed E-state index contributed by atoms with van der Waals surface area (Å²) in [5.41, 5.74) is 0.767. The second kappa shape index (κ2) is 5.32. The van der Waals surface area contributed by atoms with E-state index in [0.717, 1.165) is 11.8 Å². The van der Waals surface area contributed by atoms with E-state index in [4.69, 9.17) is 12.2 Å². The van der Waals surface area contributed by atoms with Crippen LogP contribution in [0, 0.1) is 10.1 Å². The maximum atomic E-state index is 12.0. The van der Waals surface area contributed by atoms with E-state index in [-0.39, 0.29) is 21.8 Å². The number of fused-ring (bicyclic) bond motifs is 1. The summed E-state index contributed by atoms with van der Waals surface area (Å²) in [6.45, 7) is 0. The SMILES string of the molecule is Cn1c(=O)n(C)c2cc([N+](=O)[O-])c(/C=C3/SC(=S)NC3=O)cc21. The Bertz CT molecular complexity index is 986. The Morgan fingerprint density at radius 1 is 1.26 bits per heavy atom. The molecule has 1 N–H and O–H groups in total. The van der Waals surface area contributed by atoms with Gasteiger partial charge >= 0.3 is 5.69 Å². The van der Waals surface area contributed by atoms with Gasteiger partial charge in [-0.3, -0.25) is 24.0 Å². The van der Waals surface area contributed by atoms with Gasteiger partial charge in [0.2, 0.25) is 0 Å². The molecule has 0 saturated carbocycles. The minimum atomic E-state index is -0.543. The van der Waals surface area contributed by atoms with Crippen LogP contribution in [0.1, 0.15) is 5.56 Å². The summed E-state index contributed by atoms with van der Waals surface area (Å²) in [6, 6.07) is 2.86. The van der Waals surface area contributed by atoms with E-state index < -0.39 is 10.8 Å². The van der Waals surface area contributed by atoms with E-state index in [0.29, 0.717) is 15.4 Å². The largest absolute Gasteiger partial charge is 0.328 e. The highest BCUT2D eigenvalue weighted by Gasteiger charge is 2.25. The number of amides is 1. The molecule has 0 radical (unpaired) electrons. The molecule has 10 heteroatoms. The number of nitro groups is 1. The first kappa shape index (κ1) is 15.4. The number of benzene rings is 1. The normalized spacial score (nSPS) is 16.3. The van der Waals surface area contributed by atoms with Crippen LogP contribution in [0.15, 0.2) is 21.8 Å². The van der Waals surface area contributed by atoms with Crippen molar-refractivity contribution in [3.05, 3.63) is 43.2 Å². The molecule has 0 bridgehead atoms. The lowest BCUT2D eigenvalue weighted by Gasteiger charge is -2.01. The molecule has 2 aromatic rings. The lowest BCUT2D eigenvalue weighted by Crippen LogP contribution is -2.19. The highest BCUT2D eigenvalue weighted by Crippen LogP contribution is 2.31. The van der Waals surface area contributed by atoms with Crippen molar-refractivity contribution in [2.24, 2.45) is 14.1 Å². The Balaban J connectivity index is 2.29. The van der Waals surface area contributed by atoms with Crippen LogP contribution in [-0.2, 0) is 18.9 Å². The number of nitrogens with one attached hydrogen (secondary N) is 1. The fraction of sp³-hybridized carbons (Fsp3) is 0.154. The quantitative estimate of drug-likeness (QED) is 0.379. The molecular weight excluding hydrogens is 340 g/mol. The van der Waals surface area contributed by atoms with Crippen molar-refractivity contribution in [2.75, 3.05) is 0 Å². The van der Waals surface area contributed by atoms with Crippen molar-refractivity contribution in [1.82, 2.24) is 14.5 Å². The van der Waals surface area contributed by atoms with Gasteiger partial charge in [-0.1, -0.05) is 24.0 Å². The first-order valence-electron chi connectivity index (χ1n) is 6.38. The molecule has 1 saturated heterocycles. The topological polar surface area (TPSA) is 99.2 Å². The predicted molar refractivity (Wildman–Crippen MR) is 91.1 cm³/mol. The van der Waals surface area contributed by atoms with Crippen LogP contribution >= 0.6 is 24.0 Å². The van der Waals surface area contributed by atoms with E-state index in [1.54, 1.807) is 14.1 Å². The fourth-order valence-corrected chi connectivity index (χ4v) is 3.42. The lowest BCUT2D eigenvalue weighted by atomic mass is 10.1. The Hall–Kier alpha value is -2.46. The molecule has 1 fully saturated rings. The number of hydrogen-bond acceptors (Lipinski definition) is 6. The molecule has 1 amide bonds. The third kappa shape index (κ3) is 2.45. The number of thioether (sulfide) groups is 1. The van der Waals surface area contributed by atoms with Crippen LogP contribution in [0.2, 0.25) is 0 Å². The first-order valence-corrected chi connectivity index (χ1v) is 7.61. The maximum absolute atomic E-state index is 12.0. The Morgan fingerprint density at radius 3 is 2.39 bits per heavy atom. The molecular formula is C13H10N4O4S2. The molecule has 0 atom stereocenters. The number of aryl methyl sites for hydroxylation is 2. The third-order valence-corrected chi connectivity index (χ3v) is 4.71. The number of aromatic nitrogens is 2. The van der Waals surface area contributed by atoms with Gasteiger partial charge in [0.25, 0.3) is 11.6 Å². The monoisotopic (exact) mass is 350 g/mol. The van der Waals surface area contributed by atoms with Crippen LogP contribution in [-0.4, -0.2) is 24.3 Å². The van der Waals surface area contributed by atoms with Crippen molar-refractivity contribution < 1.29 is 9.72 Å². The molecule has 3 rings (SSSR count). The van der Waals surface area contributed by atoms with Crippen LogP contribution in [0.5, 0.6) is 0 Å². The smallest absolute Gasteiger partial charge is 0.307 e. The highest BCUT2D eigenvalue weighted by molar-refractivity contribution is 8.26. The zero-order valence-electron chi connectivity index (χ0n) is 12.0. The van der Waals surface area contributed by atoms with Crippen molar-refractivity contribution in [2.45, 2.75) is 0 Å². The summed E-state index contributed by atoms with van der Waals surface area (Å²) in [7, 11) is 3.13. The van der Waals surface area contributed by atoms with Gasteiger partial charge in [-0.2, -0.15) is 0 Å². The Kier molecular flexibility index (Phi) is 3.57. The van der Waals surface area contributed by atoms with Gasteiger partial charge in [-0.05, 0) is 12.1 Å². The van der Waals surface area contributed by atoms with Gasteiger partial charge in [0.05, 0.1) is 26.4 Å². The number of hydrogen-bond donors (Lipinski definition) is 1. The van der Waals surface area contributed by atoms with E-state index in [9.17, 15) is 19.7 Å². The highest BCUT2D eigenvalue weighted by atomic mass is 32.2. The maximum Gasteiger partial charge on any atom is 0.328 e. The number of thiocarbonyl (C=S) groups is 1. The molecule has 1 aliphatic heterocycles. The number of nitro benzene ring substituents is 1. The van der Waals surface area contributed by atoms with Crippen molar-refractivity contribution in [1.29, 1.82) is 0 Å². The minimum Gasteiger partial charge on any atom is -0.307 e. The first-order chi connectivity index (χ1) is 10.8. The zero-order chi connectivity index (χ0) is 16.9. The second-order valence-electron chi connectivity index (χ2n) is 4.91. The molecule has 2 heterocycles. The van der Waals surface area contributed by atoms with E-state index in [1.807, 2.05) is 0 Å². The van der Waals surface area contributed by atoms with Crippen molar-refractivity contribution >= 4 is 57.0 Å². The van der Waals surface area contributed by atoms with Gasteiger partial charge in [0.15, 0.2) is 0 Å². The van der Waals surface area contributed by atoms with Crippen LogP contribution in [0.4, 0.5) is 5.69 Å². The minimum absolute atomic E-state index is 0.183. The van der Waals surface area contributed by atoms with E-state index in [1.165, 1.54) is 27.3 Å². The van der Waals surface area contributed by atoms with E-state index >= 15 is 0 Å². The standard InChI is InChI=1S/C13H10N4O4S2/c1-15-8-3-6(4-10-11(18)14-12(22)23-10)7(17(20)21)5-9(8)16(2)13(15)19/h3-5H,1-2H3,(H,14,18,22)/b10-4+. The Morgan fingerprint density at radius 2 is 1.87 bits per heavy atom. The fourth-order valence-electron chi connectivity index (χ4n) is 2.39. The number of carbonyl (C=O) groups excluding carboxylic acids is 1. The van der Waals surface area contributed by atoms with Gasteiger partial charge in [0.1, 0.15) is 4.32 Å². The number of carbonyl (C=O) groups is 1. The molecule has 1 aliphatic rings. The number of imidazole rings is 1. The zero-order valence-corrected chi connectivity index (χ0v) is 13.7. The Labute approximate surface area is 138 Å². The molecule has 23 heavy (non-hydrogen) atoms. The van der Waals surface area contributed by atoms with Crippen molar-refractivity contribution in [3.8, 4) is 0 Å². The van der Waals surface area contributed by atoms with Gasteiger partial charge in [0, 0.05) is 20.2 Å². The molecule has 118 valence electrons. The molecule has 0 unspecified atom stereocenters. The third-order valence-electron chi connectivity index (χ3n) is 3.55. The van der Waals surface area contributed by atoms with Crippen LogP contribution in [0.3, 0.4) is 0 Å². The van der Waals surface area contributed by atoms with Crippen LogP contribution in [0.25, 0.3) is 17.1 Å². The van der Waals surface area contributed by atoms with E-state index in [2.05, 4.69) is 5.32 Å². The predicted octanol–water partition coefficient (Wildman–Crippen LogP) is 1.27. The summed E-state index contributed by atoms with van der Waals surface area (Å²) in [6.07, 6.45) is 1.41. The lowest BCUT2D eigenvalue weighted by molar-refractivity contribution is -0.385. The summed E-state index contributed by atoms with van der Waals surface area (Å²) in [4.78, 5) is 34.8. The van der Waals surface area contributed by atoms with Gasteiger partial charge in [-0.15, -0.1) is 0 Å². The second-order valence-corrected chi connectivity index (χ2v) is 6.63. The van der Waals surface area contributed by atoms with Crippen molar-refractivity contribution in [3.63, 3.8) is 0 Å². The van der Waals surface area contributed by atoms with Gasteiger partial charge in [-0.25, -0.2) is 4.79 Å².